The second-order valence-electron chi connectivity index (χ2n) is 4.88. The number of thiazole rings is 1. The predicted octanol–water partition coefficient (Wildman–Crippen LogP) is 3.84. The van der Waals surface area contributed by atoms with Crippen molar-refractivity contribution in [1.29, 1.82) is 0 Å². The van der Waals surface area contributed by atoms with Crippen LogP contribution in [0.15, 0.2) is 57.7 Å². The van der Waals surface area contributed by atoms with Gasteiger partial charge in [0.05, 0.1) is 12.0 Å². The SMILES string of the molecule is Cc1noc(-c2sc(N)nc2-c2ccccc2)n1.O=Cc1ccco1. The first kappa shape index (κ1) is 16.6. The van der Waals surface area contributed by atoms with Crippen LogP contribution in [-0.2, 0) is 0 Å². The highest BCUT2D eigenvalue weighted by Crippen LogP contribution is 2.36. The van der Waals surface area contributed by atoms with Crippen LogP contribution in [0.2, 0.25) is 0 Å². The van der Waals surface area contributed by atoms with Crippen molar-refractivity contribution in [2.75, 3.05) is 5.73 Å². The van der Waals surface area contributed by atoms with Gasteiger partial charge in [0.25, 0.3) is 5.89 Å². The topological polar surface area (TPSA) is 108 Å². The Hall–Kier alpha value is -3.26. The number of hydrogen-bond donors (Lipinski definition) is 1. The van der Waals surface area contributed by atoms with E-state index in [1.54, 1.807) is 19.1 Å². The van der Waals surface area contributed by atoms with Gasteiger partial charge in [0.2, 0.25) is 0 Å². The Bertz CT molecular complexity index is 946. The summed E-state index contributed by atoms with van der Waals surface area (Å²) in [5.41, 5.74) is 7.54. The number of carbonyl (C=O) groups is 1. The smallest absolute Gasteiger partial charge is 0.270 e. The summed E-state index contributed by atoms with van der Waals surface area (Å²) in [6.07, 6.45) is 2.13. The number of aromatic nitrogens is 3. The number of anilines is 1. The van der Waals surface area contributed by atoms with E-state index in [2.05, 4.69) is 19.5 Å². The molecule has 1 aromatic carbocycles. The number of nitrogens with zero attached hydrogens (tertiary/aromatic N) is 3. The number of rotatable bonds is 3. The van der Waals surface area contributed by atoms with E-state index in [4.69, 9.17) is 10.3 Å². The van der Waals surface area contributed by atoms with E-state index >= 15 is 0 Å². The van der Waals surface area contributed by atoms with Crippen molar-refractivity contribution in [3.63, 3.8) is 0 Å². The second-order valence-corrected chi connectivity index (χ2v) is 5.91. The zero-order valence-electron chi connectivity index (χ0n) is 13.2. The van der Waals surface area contributed by atoms with Crippen molar-refractivity contribution in [2.24, 2.45) is 0 Å². The van der Waals surface area contributed by atoms with Gasteiger partial charge in [-0.1, -0.05) is 46.8 Å². The minimum absolute atomic E-state index is 0.375. The van der Waals surface area contributed by atoms with Crippen LogP contribution in [0.25, 0.3) is 22.0 Å². The van der Waals surface area contributed by atoms with E-state index in [9.17, 15) is 4.79 Å². The fraction of sp³-hybridized carbons (Fsp3) is 0.0588. The van der Waals surface area contributed by atoms with Gasteiger partial charge >= 0.3 is 0 Å². The Morgan fingerprint density at radius 1 is 1.12 bits per heavy atom. The molecule has 25 heavy (non-hydrogen) atoms. The normalized spacial score (nSPS) is 10.1. The number of carbonyl (C=O) groups excluding carboxylic acids is 1. The van der Waals surface area contributed by atoms with Crippen LogP contribution in [-0.4, -0.2) is 21.4 Å². The molecular formula is C17H14N4O3S. The summed E-state index contributed by atoms with van der Waals surface area (Å²) >= 11 is 1.35. The third-order valence-corrected chi connectivity index (χ3v) is 3.94. The number of hydrogen-bond acceptors (Lipinski definition) is 8. The summed E-state index contributed by atoms with van der Waals surface area (Å²) in [6.45, 7) is 1.78. The van der Waals surface area contributed by atoms with E-state index in [1.807, 2.05) is 30.3 Å². The summed E-state index contributed by atoms with van der Waals surface area (Å²) in [7, 11) is 0. The molecule has 0 aliphatic carbocycles. The number of benzene rings is 1. The minimum atomic E-state index is 0.375. The highest BCUT2D eigenvalue weighted by molar-refractivity contribution is 7.19. The molecule has 126 valence electrons. The average molecular weight is 354 g/mol. The molecule has 7 nitrogen and oxygen atoms in total. The van der Waals surface area contributed by atoms with E-state index in [1.165, 1.54) is 17.6 Å². The number of aryl methyl sites for hydroxylation is 1. The lowest BCUT2D eigenvalue weighted by molar-refractivity contribution is 0.110. The molecule has 0 aliphatic rings. The Morgan fingerprint density at radius 2 is 1.92 bits per heavy atom. The van der Waals surface area contributed by atoms with E-state index in [-0.39, 0.29) is 0 Å². The van der Waals surface area contributed by atoms with Gasteiger partial charge in [-0.3, -0.25) is 4.79 Å². The van der Waals surface area contributed by atoms with Gasteiger partial charge < -0.3 is 14.7 Å². The van der Waals surface area contributed by atoms with Gasteiger partial charge in [-0.05, 0) is 19.1 Å². The van der Waals surface area contributed by atoms with Crippen LogP contribution in [0.3, 0.4) is 0 Å². The van der Waals surface area contributed by atoms with Crippen molar-refractivity contribution >= 4 is 22.8 Å². The summed E-state index contributed by atoms with van der Waals surface area (Å²) in [4.78, 5) is 19.1. The molecule has 0 amide bonds. The molecule has 0 bridgehead atoms. The molecule has 0 unspecified atom stereocenters. The van der Waals surface area contributed by atoms with Gasteiger partial charge in [-0.2, -0.15) is 4.98 Å². The van der Waals surface area contributed by atoms with Gasteiger partial charge in [0.15, 0.2) is 23.0 Å². The van der Waals surface area contributed by atoms with Gasteiger partial charge in [-0.15, -0.1) is 0 Å². The largest absolute Gasteiger partial charge is 0.462 e. The first-order valence-electron chi connectivity index (χ1n) is 7.28. The van der Waals surface area contributed by atoms with Crippen LogP contribution in [0.4, 0.5) is 5.13 Å². The minimum Gasteiger partial charge on any atom is -0.462 e. The summed E-state index contributed by atoms with van der Waals surface area (Å²) in [6, 6.07) is 13.1. The third-order valence-electron chi connectivity index (χ3n) is 3.07. The molecule has 0 saturated carbocycles. The van der Waals surface area contributed by atoms with Gasteiger partial charge in [0.1, 0.15) is 4.88 Å². The molecule has 0 atom stereocenters. The molecule has 4 rings (SSSR count). The van der Waals surface area contributed by atoms with Crippen molar-refractivity contribution < 1.29 is 13.7 Å². The van der Waals surface area contributed by atoms with Crippen molar-refractivity contribution in [3.8, 4) is 22.0 Å². The van der Waals surface area contributed by atoms with Crippen LogP contribution < -0.4 is 5.73 Å². The van der Waals surface area contributed by atoms with Crippen LogP contribution in [0.5, 0.6) is 0 Å². The van der Waals surface area contributed by atoms with Crippen molar-refractivity contribution in [3.05, 3.63) is 60.3 Å². The molecule has 3 heterocycles. The number of furan rings is 1. The zero-order valence-corrected chi connectivity index (χ0v) is 14.1. The molecule has 2 N–H and O–H groups in total. The molecule has 0 spiro atoms. The summed E-state index contributed by atoms with van der Waals surface area (Å²) < 4.78 is 9.79. The fourth-order valence-corrected chi connectivity index (χ4v) is 2.80. The van der Waals surface area contributed by atoms with Crippen molar-refractivity contribution in [1.82, 2.24) is 15.1 Å². The van der Waals surface area contributed by atoms with Crippen LogP contribution in [0, 0.1) is 6.92 Å². The number of nitrogens with two attached hydrogens (primary N) is 1. The summed E-state index contributed by atoms with van der Waals surface area (Å²) in [5, 5.41) is 4.27. The lowest BCUT2D eigenvalue weighted by Crippen LogP contribution is -1.84. The Labute approximate surface area is 147 Å². The monoisotopic (exact) mass is 354 g/mol. The van der Waals surface area contributed by atoms with E-state index < -0.39 is 0 Å². The highest BCUT2D eigenvalue weighted by atomic mass is 32.1. The maximum Gasteiger partial charge on any atom is 0.270 e. The average Bonchev–Trinajstić information content (AvgIpc) is 3.36. The maximum absolute atomic E-state index is 9.77. The predicted molar refractivity (Wildman–Crippen MR) is 94.1 cm³/mol. The standard InChI is InChI=1S/C12H10N4OS.C5H4O2/c1-7-14-11(17-16-7)10-9(15-12(13)18-10)8-5-3-2-4-6-8;6-4-5-2-1-3-7-5/h2-6H,1H3,(H2,13,15);1-4H. The first-order chi connectivity index (χ1) is 12.2. The first-order valence-corrected chi connectivity index (χ1v) is 8.10. The Morgan fingerprint density at radius 3 is 2.48 bits per heavy atom. The van der Waals surface area contributed by atoms with Crippen molar-refractivity contribution in [2.45, 2.75) is 6.92 Å². The third kappa shape index (κ3) is 3.99. The molecule has 8 heteroatoms. The molecule has 3 aromatic heterocycles. The molecular weight excluding hydrogens is 340 g/mol. The molecule has 0 saturated heterocycles. The van der Waals surface area contributed by atoms with Gasteiger partial charge in [-0.25, -0.2) is 4.98 Å². The van der Waals surface area contributed by atoms with Crippen LogP contribution in [0.1, 0.15) is 16.4 Å². The lowest BCUT2D eigenvalue weighted by atomic mass is 10.1. The maximum atomic E-state index is 9.77. The molecule has 4 aromatic rings. The lowest BCUT2D eigenvalue weighted by Gasteiger charge is -1.97. The fourth-order valence-electron chi connectivity index (χ4n) is 2.02. The second kappa shape index (κ2) is 7.54. The summed E-state index contributed by atoms with van der Waals surface area (Å²) in [5.74, 6) is 1.43. The van der Waals surface area contributed by atoms with Crippen LogP contribution >= 0.6 is 11.3 Å². The Kier molecular flexibility index (Phi) is 5.00. The molecule has 0 fully saturated rings. The molecule has 0 radical (unpaired) electrons. The van der Waals surface area contributed by atoms with Gasteiger partial charge in [0, 0.05) is 5.56 Å². The van der Waals surface area contributed by atoms with E-state index in [0.29, 0.717) is 28.9 Å². The van der Waals surface area contributed by atoms with E-state index in [0.717, 1.165) is 16.1 Å². The Balaban J connectivity index is 0.000000219. The number of nitrogen functional groups attached to an aromatic ring is 1. The zero-order chi connectivity index (χ0) is 17.6. The highest BCUT2D eigenvalue weighted by Gasteiger charge is 2.18. The quantitative estimate of drug-likeness (QED) is 0.557. The number of aldehydes is 1. The molecule has 0 aliphatic heterocycles.